The van der Waals surface area contributed by atoms with E-state index in [1.54, 1.807) is 14.2 Å². The molecule has 120 valence electrons. The quantitative estimate of drug-likeness (QED) is 0.576. The fraction of sp³-hybridized carbons (Fsp3) is 0.222. The lowest BCUT2D eigenvalue weighted by atomic mass is 9.97. The van der Waals surface area contributed by atoms with E-state index in [0.29, 0.717) is 0 Å². The predicted molar refractivity (Wildman–Crippen MR) is 89.6 cm³/mol. The molecule has 0 spiro atoms. The topological polar surface area (TPSA) is 61.6 Å². The van der Waals surface area contributed by atoms with Crippen molar-refractivity contribution in [2.45, 2.75) is 5.92 Å². The molecule has 5 heteroatoms. The van der Waals surface area contributed by atoms with Crippen LogP contribution in [-0.2, 0) is 0 Å². The molecule has 0 N–H and O–H groups in total. The lowest BCUT2D eigenvalue weighted by molar-refractivity contribution is -0.481. The molecule has 0 amide bonds. The second-order valence-electron chi connectivity index (χ2n) is 5.03. The molecule has 1 atom stereocenters. The van der Waals surface area contributed by atoms with Crippen molar-refractivity contribution >= 4 is 6.08 Å². The van der Waals surface area contributed by atoms with Crippen molar-refractivity contribution < 1.29 is 14.4 Å². The lowest BCUT2D eigenvalue weighted by Crippen LogP contribution is -2.10. The molecular weight excluding hydrogens is 294 g/mol. The summed E-state index contributed by atoms with van der Waals surface area (Å²) in [7, 11) is 3.20. The number of hydrogen-bond donors (Lipinski definition) is 0. The van der Waals surface area contributed by atoms with Gasteiger partial charge in [0.15, 0.2) is 0 Å². The minimum Gasteiger partial charge on any atom is -0.497 e. The third-order valence-corrected chi connectivity index (χ3v) is 3.53. The fourth-order valence-electron chi connectivity index (χ4n) is 2.23. The SMILES string of the molecule is COc1ccc(/C=C/[C@@H](C[N+](=O)[O-])c2ccc(OC)cc2)cc1. The van der Waals surface area contributed by atoms with Gasteiger partial charge in [0.2, 0.25) is 6.54 Å². The van der Waals surface area contributed by atoms with E-state index in [4.69, 9.17) is 9.47 Å². The van der Waals surface area contributed by atoms with Crippen molar-refractivity contribution in [2.75, 3.05) is 20.8 Å². The summed E-state index contributed by atoms with van der Waals surface area (Å²) in [6.07, 6.45) is 3.74. The first-order valence-corrected chi connectivity index (χ1v) is 7.20. The van der Waals surface area contributed by atoms with E-state index in [2.05, 4.69) is 0 Å². The van der Waals surface area contributed by atoms with E-state index in [0.717, 1.165) is 22.6 Å². The number of ether oxygens (including phenoxy) is 2. The molecule has 0 aliphatic heterocycles. The zero-order valence-corrected chi connectivity index (χ0v) is 13.1. The van der Waals surface area contributed by atoms with E-state index >= 15 is 0 Å². The zero-order valence-electron chi connectivity index (χ0n) is 13.1. The van der Waals surface area contributed by atoms with Crippen LogP contribution in [0.5, 0.6) is 11.5 Å². The molecule has 0 saturated heterocycles. The van der Waals surface area contributed by atoms with Gasteiger partial charge in [-0.25, -0.2) is 0 Å². The number of hydrogen-bond acceptors (Lipinski definition) is 4. The first-order valence-electron chi connectivity index (χ1n) is 7.20. The number of benzene rings is 2. The zero-order chi connectivity index (χ0) is 16.7. The Bertz CT molecular complexity index is 662. The van der Waals surface area contributed by atoms with Gasteiger partial charge in [0.25, 0.3) is 0 Å². The highest BCUT2D eigenvalue weighted by Gasteiger charge is 2.14. The Morgan fingerprint density at radius 3 is 2.00 bits per heavy atom. The van der Waals surface area contributed by atoms with Gasteiger partial charge < -0.3 is 9.47 Å². The lowest BCUT2D eigenvalue weighted by Gasteiger charge is -2.10. The molecule has 23 heavy (non-hydrogen) atoms. The first-order chi connectivity index (χ1) is 11.1. The predicted octanol–water partition coefficient (Wildman–Crippen LogP) is 3.78. The average Bonchev–Trinajstić information content (AvgIpc) is 2.59. The third kappa shape index (κ3) is 4.85. The number of nitrogens with zero attached hydrogens (tertiary/aromatic N) is 1. The largest absolute Gasteiger partial charge is 0.497 e. The Labute approximate surface area is 135 Å². The summed E-state index contributed by atoms with van der Waals surface area (Å²) in [4.78, 5) is 10.6. The molecule has 2 aromatic carbocycles. The van der Waals surface area contributed by atoms with Gasteiger partial charge in [0.1, 0.15) is 11.5 Å². The minimum absolute atomic E-state index is 0.154. The smallest absolute Gasteiger partial charge is 0.214 e. The summed E-state index contributed by atoms with van der Waals surface area (Å²) in [5.74, 6) is 1.21. The summed E-state index contributed by atoms with van der Waals surface area (Å²) in [5, 5.41) is 10.9. The highest BCUT2D eigenvalue weighted by atomic mass is 16.6. The van der Waals surface area contributed by atoms with Gasteiger partial charge in [-0.2, -0.15) is 0 Å². The highest BCUT2D eigenvalue weighted by molar-refractivity contribution is 5.52. The maximum Gasteiger partial charge on any atom is 0.214 e. The average molecular weight is 313 g/mol. The van der Waals surface area contributed by atoms with Gasteiger partial charge in [-0.1, -0.05) is 36.4 Å². The third-order valence-electron chi connectivity index (χ3n) is 3.53. The summed E-state index contributed by atoms with van der Waals surface area (Å²) < 4.78 is 10.2. The molecule has 0 aliphatic carbocycles. The molecule has 2 aromatic rings. The van der Waals surface area contributed by atoms with Gasteiger partial charge >= 0.3 is 0 Å². The van der Waals surface area contributed by atoms with Crippen LogP contribution in [0.25, 0.3) is 6.08 Å². The van der Waals surface area contributed by atoms with Gasteiger partial charge in [0, 0.05) is 4.92 Å². The van der Waals surface area contributed by atoms with Crippen LogP contribution in [0.2, 0.25) is 0 Å². The van der Waals surface area contributed by atoms with Crippen LogP contribution in [0.15, 0.2) is 54.6 Å². The molecule has 2 rings (SSSR count). The van der Waals surface area contributed by atoms with Crippen LogP contribution in [0.1, 0.15) is 17.0 Å². The second-order valence-corrected chi connectivity index (χ2v) is 5.03. The van der Waals surface area contributed by atoms with Crippen LogP contribution < -0.4 is 9.47 Å². The van der Waals surface area contributed by atoms with E-state index in [1.807, 2.05) is 60.7 Å². The van der Waals surface area contributed by atoms with Crippen LogP contribution in [0.3, 0.4) is 0 Å². The number of methoxy groups -OCH3 is 2. The number of nitro groups is 1. The summed E-state index contributed by atoms with van der Waals surface area (Å²) in [5.41, 5.74) is 1.85. The molecule has 0 saturated carbocycles. The monoisotopic (exact) mass is 313 g/mol. The standard InChI is InChI=1S/C18H19NO4/c1-22-17-9-4-14(5-10-17)3-6-16(13-19(20)21)15-7-11-18(23-2)12-8-15/h3-12,16H,13H2,1-2H3/b6-3+/t16-/m0/s1. The van der Waals surface area contributed by atoms with Gasteiger partial charge in [0.05, 0.1) is 20.1 Å². The highest BCUT2D eigenvalue weighted by Crippen LogP contribution is 2.22. The molecule has 0 fully saturated rings. The molecular formula is C18H19NO4. The molecule has 0 heterocycles. The van der Waals surface area contributed by atoms with Crippen LogP contribution in [0, 0.1) is 10.1 Å². The normalized spacial score (nSPS) is 12.1. The maximum atomic E-state index is 10.9. The van der Waals surface area contributed by atoms with E-state index in [9.17, 15) is 10.1 Å². The molecule has 0 unspecified atom stereocenters. The Morgan fingerprint density at radius 2 is 1.52 bits per heavy atom. The van der Waals surface area contributed by atoms with E-state index in [-0.39, 0.29) is 17.4 Å². The van der Waals surface area contributed by atoms with E-state index in [1.165, 1.54) is 0 Å². The Balaban J connectivity index is 2.19. The second kappa shape index (κ2) is 7.98. The van der Waals surface area contributed by atoms with Crippen molar-refractivity contribution in [3.05, 3.63) is 75.8 Å². The molecule has 0 bridgehead atoms. The fourth-order valence-corrected chi connectivity index (χ4v) is 2.23. The number of rotatable bonds is 7. The Morgan fingerprint density at radius 1 is 1.00 bits per heavy atom. The molecule has 0 radical (unpaired) electrons. The van der Waals surface area contributed by atoms with Crippen molar-refractivity contribution in [3.8, 4) is 11.5 Å². The van der Waals surface area contributed by atoms with Crippen molar-refractivity contribution in [3.63, 3.8) is 0 Å². The van der Waals surface area contributed by atoms with Crippen molar-refractivity contribution in [1.82, 2.24) is 0 Å². The van der Waals surface area contributed by atoms with Crippen molar-refractivity contribution in [2.24, 2.45) is 0 Å². The van der Waals surface area contributed by atoms with Crippen molar-refractivity contribution in [1.29, 1.82) is 0 Å². The Hall–Kier alpha value is -2.82. The first kappa shape index (κ1) is 16.5. The van der Waals surface area contributed by atoms with Crippen LogP contribution in [0.4, 0.5) is 0 Å². The minimum atomic E-state index is -0.298. The summed E-state index contributed by atoms with van der Waals surface area (Å²) >= 11 is 0. The maximum absolute atomic E-state index is 10.9. The molecule has 0 aliphatic rings. The molecule has 5 nitrogen and oxygen atoms in total. The molecule has 0 aromatic heterocycles. The van der Waals surface area contributed by atoms with Crippen LogP contribution >= 0.6 is 0 Å². The Kier molecular flexibility index (Phi) is 5.74. The summed E-state index contributed by atoms with van der Waals surface area (Å²) in [6, 6.07) is 14.9. The van der Waals surface area contributed by atoms with Gasteiger partial charge in [-0.15, -0.1) is 0 Å². The van der Waals surface area contributed by atoms with Gasteiger partial charge in [-0.05, 0) is 35.4 Å². The van der Waals surface area contributed by atoms with Crippen LogP contribution in [-0.4, -0.2) is 25.7 Å². The van der Waals surface area contributed by atoms with Gasteiger partial charge in [-0.3, -0.25) is 10.1 Å². The van der Waals surface area contributed by atoms with E-state index < -0.39 is 0 Å². The summed E-state index contributed by atoms with van der Waals surface area (Å²) in [6.45, 7) is -0.154.